The van der Waals surface area contributed by atoms with Gasteiger partial charge in [-0.1, -0.05) is 27.0 Å². The summed E-state index contributed by atoms with van der Waals surface area (Å²) in [6, 6.07) is 4.41. The van der Waals surface area contributed by atoms with Crippen LogP contribution in [0.3, 0.4) is 0 Å². The van der Waals surface area contributed by atoms with Crippen molar-refractivity contribution in [3.63, 3.8) is 0 Å². The van der Waals surface area contributed by atoms with Crippen LogP contribution in [0.1, 0.15) is 15.9 Å². The summed E-state index contributed by atoms with van der Waals surface area (Å²) in [7, 11) is 0. The molecule has 4 nitrogen and oxygen atoms in total. The van der Waals surface area contributed by atoms with Gasteiger partial charge in [-0.15, -0.1) is 0 Å². The van der Waals surface area contributed by atoms with Gasteiger partial charge in [-0.25, -0.2) is 4.79 Å². The van der Waals surface area contributed by atoms with Gasteiger partial charge in [0, 0.05) is 10.2 Å². The van der Waals surface area contributed by atoms with E-state index < -0.39 is 17.0 Å². The van der Waals surface area contributed by atoms with Gasteiger partial charge >= 0.3 is 5.97 Å². The predicted octanol–water partition coefficient (Wildman–Crippen LogP) is 1.53. The fraction of sp³-hybridized carbons (Fsp3) is 0.125. The van der Waals surface area contributed by atoms with Crippen molar-refractivity contribution < 1.29 is 18.7 Å². The highest BCUT2D eigenvalue weighted by Crippen LogP contribution is 2.18. The Labute approximate surface area is 91.4 Å². The molecule has 0 radical (unpaired) electrons. The number of hydrogen-bond acceptors (Lipinski definition) is 3. The Hall–Kier alpha value is -0.720. The van der Waals surface area contributed by atoms with E-state index >= 15 is 0 Å². The average molecular weight is 278 g/mol. The number of hydrogen-bond donors (Lipinski definition) is 1. The molecule has 76 valence electrons. The molecule has 0 aliphatic carbocycles. The van der Waals surface area contributed by atoms with Gasteiger partial charge in [-0.05, 0) is 23.8 Å². The lowest BCUT2D eigenvalue weighted by molar-refractivity contribution is 0.0696. The number of rotatable bonds is 3. The molecule has 0 saturated heterocycles. The Morgan fingerprint density at radius 3 is 2.71 bits per heavy atom. The Balaban J connectivity index is 3.15. The summed E-state index contributed by atoms with van der Waals surface area (Å²) in [5.41, 5.74) is 0.289. The zero-order valence-electron chi connectivity index (χ0n) is 6.90. The summed E-state index contributed by atoms with van der Waals surface area (Å²) < 4.78 is 21.5. The molecule has 0 aliphatic heterocycles. The van der Waals surface area contributed by atoms with E-state index in [0.29, 0.717) is 4.47 Å². The quantitative estimate of drug-likeness (QED) is 0.850. The highest BCUT2D eigenvalue weighted by Gasteiger charge is 2.09. The van der Waals surface area contributed by atoms with Crippen LogP contribution in [0.2, 0.25) is 0 Å². The zero-order valence-corrected chi connectivity index (χ0v) is 9.30. The number of benzene rings is 1. The fourth-order valence-corrected chi connectivity index (χ4v) is 1.92. The van der Waals surface area contributed by atoms with Crippen molar-refractivity contribution in [1.29, 1.82) is 0 Å². The van der Waals surface area contributed by atoms with Crippen LogP contribution in [0.5, 0.6) is 0 Å². The minimum atomic E-state index is -2.29. The van der Waals surface area contributed by atoms with Gasteiger partial charge in [0.15, 0.2) is 0 Å². The summed E-state index contributed by atoms with van der Waals surface area (Å²) in [5, 5.41) is 8.75. The summed E-state index contributed by atoms with van der Waals surface area (Å²) >= 11 is 0.856. The van der Waals surface area contributed by atoms with Crippen molar-refractivity contribution >= 4 is 33.0 Å². The molecule has 0 bridgehead atoms. The molecule has 1 unspecified atom stereocenters. The van der Waals surface area contributed by atoms with Crippen molar-refractivity contribution in [1.82, 2.24) is 0 Å². The number of aromatic carboxylic acids is 1. The highest BCUT2D eigenvalue weighted by molar-refractivity contribution is 9.10. The number of halogens is 1. The molecule has 6 heteroatoms. The Morgan fingerprint density at radius 2 is 2.21 bits per heavy atom. The van der Waals surface area contributed by atoms with Gasteiger partial charge in [0.2, 0.25) is 0 Å². The van der Waals surface area contributed by atoms with E-state index in [1.165, 1.54) is 12.1 Å². The lowest BCUT2D eigenvalue weighted by atomic mass is 10.1. The number of carboxylic acid groups (broad SMARTS) is 1. The Kier molecular flexibility index (Phi) is 3.79. The molecule has 0 aromatic heterocycles. The lowest BCUT2D eigenvalue weighted by Crippen LogP contribution is -2.04. The van der Waals surface area contributed by atoms with Crippen LogP contribution in [-0.2, 0) is 16.8 Å². The first-order chi connectivity index (χ1) is 6.50. The molecule has 1 aromatic carbocycles. The first kappa shape index (κ1) is 11.4. The van der Waals surface area contributed by atoms with Gasteiger partial charge in [-0.2, -0.15) is 0 Å². The first-order valence-electron chi connectivity index (χ1n) is 3.58. The van der Waals surface area contributed by atoms with Crippen LogP contribution in [0.15, 0.2) is 22.7 Å². The van der Waals surface area contributed by atoms with Crippen molar-refractivity contribution in [2.24, 2.45) is 0 Å². The second kappa shape index (κ2) is 4.68. The second-order valence-corrected chi connectivity index (χ2v) is 4.37. The molecule has 1 N–H and O–H groups in total. The molecule has 0 saturated carbocycles. The predicted molar refractivity (Wildman–Crippen MR) is 53.7 cm³/mol. The maximum absolute atomic E-state index is 10.7. The van der Waals surface area contributed by atoms with Crippen LogP contribution in [0, 0.1) is 0 Å². The summed E-state index contributed by atoms with van der Waals surface area (Å²) in [6.45, 7) is 0. The topological polar surface area (TPSA) is 77.4 Å². The van der Waals surface area contributed by atoms with Crippen molar-refractivity contribution in [3.8, 4) is 0 Å². The summed E-state index contributed by atoms with van der Waals surface area (Å²) in [6.07, 6.45) is 0. The third kappa shape index (κ3) is 2.90. The van der Waals surface area contributed by atoms with Crippen molar-refractivity contribution in [2.75, 3.05) is 0 Å². The van der Waals surface area contributed by atoms with E-state index in [1.807, 2.05) is 0 Å². The Morgan fingerprint density at radius 1 is 1.57 bits per heavy atom. The van der Waals surface area contributed by atoms with E-state index in [9.17, 15) is 13.6 Å². The minimum Gasteiger partial charge on any atom is -0.772 e. The molecule has 0 heterocycles. The monoisotopic (exact) mass is 277 g/mol. The molecule has 0 spiro atoms. The van der Waals surface area contributed by atoms with Gasteiger partial charge in [-0.3, -0.25) is 4.21 Å². The fourth-order valence-electron chi connectivity index (χ4n) is 1.02. The van der Waals surface area contributed by atoms with Crippen molar-refractivity contribution in [2.45, 2.75) is 5.75 Å². The largest absolute Gasteiger partial charge is 0.772 e. The van der Waals surface area contributed by atoms with Crippen LogP contribution < -0.4 is 0 Å². The molecule has 0 amide bonds. The number of carboxylic acids is 1. The van der Waals surface area contributed by atoms with E-state index in [-0.39, 0.29) is 16.9 Å². The van der Waals surface area contributed by atoms with E-state index in [0.717, 1.165) is 0 Å². The third-order valence-corrected chi connectivity index (χ3v) is 2.61. The third-order valence-electron chi connectivity index (χ3n) is 1.57. The molecule has 1 aromatic rings. The standard InChI is InChI=1S/C8H7BrO4S/c9-6-1-2-7(8(10)11)5(3-6)4-14(12)13/h1-3H,4H2,(H,10,11)(H,12,13)/p-1. The zero-order chi connectivity index (χ0) is 10.7. The van der Waals surface area contributed by atoms with Crippen LogP contribution in [-0.4, -0.2) is 19.8 Å². The van der Waals surface area contributed by atoms with E-state index in [1.54, 1.807) is 6.07 Å². The van der Waals surface area contributed by atoms with E-state index in [4.69, 9.17) is 5.11 Å². The van der Waals surface area contributed by atoms with Gasteiger partial charge in [0.25, 0.3) is 0 Å². The van der Waals surface area contributed by atoms with Crippen LogP contribution in [0.25, 0.3) is 0 Å². The van der Waals surface area contributed by atoms with Crippen LogP contribution >= 0.6 is 15.9 Å². The molecule has 14 heavy (non-hydrogen) atoms. The van der Waals surface area contributed by atoms with Gasteiger partial charge in [0.1, 0.15) is 0 Å². The second-order valence-electron chi connectivity index (χ2n) is 2.55. The normalized spacial score (nSPS) is 12.4. The Bertz CT molecular complexity index is 391. The van der Waals surface area contributed by atoms with Gasteiger partial charge < -0.3 is 9.66 Å². The minimum absolute atomic E-state index is 0.0115. The number of carbonyl (C=O) groups is 1. The van der Waals surface area contributed by atoms with Gasteiger partial charge in [0.05, 0.1) is 5.56 Å². The molecule has 1 rings (SSSR count). The molecular weight excluding hydrogens is 272 g/mol. The summed E-state index contributed by atoms with van der Waals surface area (Å²) in [5.74, 6) is -1.42. The maximum atomic E-state index is 10.7. The molecule has 0 aliphatic rings. The maximum Gasteiger partial charge on any atom is 0.335 e. The highest BCUT2D eigenvalue weighted by atomic mass is 79.9. The first-order valence-corrected chi connectivity index (χ1v) is 5.62. The molecule has 1 atom stereocenters. The summed E-state index contributed by atoms with van der Waals surface area (Å²) in [4.78, 5) is 10.7. The molecule has 0 fully saturated rings. The smallest absolute Gasteiger partial charge is 0.335 e. The lowest BCUT2D eigenvalue weighted by Gasteiger charge is -2.08. The van der Waals surface area contributed by atoms with E-state index in [2.05, 4.69) is 15.9 Å². The average Bonchev–Trinajstić information content (AvgIpc) is 2.01. The van der Waals surface area contributed by atoms with Crippen molar-refractivity contribution in [3.05, 3.63) is 33.8 Å². The molecular formula is C8H6BrO4S-. The SMILES string of the molecule is O=C(O)c1ccc(Br)cc1CS(=O)[O-]. The van der Waals surface area contributed by atoms with Crippen LogP contribution in [0.4, 0.5) is 0 Å².